The zero-order valence-electron chi connectivity index (χ0n) is 11.6. The van der Waals surface area contributed by atoms with Crippen LogP contribution in [0.5, 0.6) is 0 Å². The van der Waals surface area contributed by atoms with Crippen LogP contribution < -0.4 is 0 Å². The van der Waals surface area contributed by atoms with Crippen molar-refractivity contribution in [3.8, 4) is 0 Å². The van der Waals surface area contributed by atoms with Crippen LogP contribution in [0.2, 0.25) is 0 Å². The van der Waals surface area contributed by atoms with Gasteiger partial charge in [0.25, 0.3) is 0 Å². The Morgan fingerprint density at radius 3 is 2.14 bits per heavy atom. The summed E-state index contributed by atoms with van der Waals surface area (Å²) in [4.78, 5) is 22.4. The van der Waals surface area contributed by atoms with Crippen molar-refractivity contribution >= 4 is 12.3 Å². The van der Waals surface area contributed by atoms with Gasteiger partial charge in [0.1, 0.15) is 18.3 Å². The highest BCUT2D eigenvalue weighted by Gasteiger charge is 2.42. The van der Waals surface area contributed by atoms with E-state index in [0.717, 1.165) is 5.56 Å². The molecule has 2 aromatic carbocycles. The van der Waals surface area contributed by atoms with Gasteiger partial charge in [-0.2, -0.15) is 0 Å². The minimum Gasteiger partial charge on any atom is -0.453 e. The molecular weight excluding hydrogens is 264 g/mol. The molecule has 0 N–H and O–H groups in total. The van der Waals surface area contributed by atoms with E-state index < -0.39 is 11.6 Å². The Morgan fingerprint density at radius 2 is 1.57 bits per heavy atom. The second kappa shape index (κ2) is 5.52. The Balaban J connectivity index is 1.98. The molecule has 0 bridgehead atoms. The van der Waals surface area contributed by atoms with Gasteiger partial charge in [-0.15, -0.1) is 0 Å². The summed E-state index contributed by atoms with van der Waals surface area (Å²) in [6.07, 6.45) is 1.68. The van der Waals surface area contributed by atoms with Gasteiger partial charge in [-0.1, -0.05) is 54.6 Å². The van der Waals surface area contributed by atoms with Gasteiger partial charge in [-0.25, -0.2) is 0 Å². The first-order chi connectivity index (χ1) is 10.2. The third kappa shape index (κ3) is 2.59. The molecule has 0 fully saturated rings. The molecule has 0 amide bonds. The Hall–Kier alpha value is -2.42. The van der Waals surface area contributed by atoms with Crippen molar-refractivity contribution in [1.82, 2.24) is 0 Å². The van der Waals surface area contributed by atoms with Crippen LogP contribution in [0.25, 0.3) is 0 Å². The van der Waals surface area contributed by atoms with E-state index in [1.807, 2.05) is 42.5 Å². The molecule has 3 nitrogen and oxygen atoms in total. The van der Waals surface area contributed by atoms with Crippen LogP contribution in [0.4, 0.5) is 0 Å². The number of esters is 1. The highest BCUT2D eigenvalue weighted by Crippen LogP contribution is 2.41. The van der Waals surface area contributed by atoms with Gasteiger partial charge < -0.3 is 9.53 Å². The van der Waals surface area contributed by atoms with Crippen molar-refractivity contribution < 1.29 is 14.3 Å². The van der Waals surface area contributed by atoms with Crippen LogP contribution in [0, 0.1) is 0 Å². The summed E-state index contributed by atoms with van der Waals surface area (Å²) in [5.74, 6) is -0.471. The van der Waals surface area contributed by atoms with Crippen LogP contribution in [-0.4, -0.2) is 12.3 Å². The predicted octanol–water partition coefficient (Wildman–Crippen LogP) is 2.81. The highest BCUT2D eigenvalue weighted by molar-refractivity contribution is 5.84. The average Bonchev–Trinajstić information content (AvgIpc) is 2.87. The maximum Gasteiger partial charge on any atom is 0.313 e. The van der Waals surface area contributed by atoms with E-state index in [-0.39, 0.29) is 6.42 Å². The molecule has 0 heterocycles. The molecule has 0 saturated carbocycles. The van der Waals surface area contributed by atoms with Crippen molar-refractivity contribution in [2.75, 3.05) is 0 Å². The summed E-state index contributed by atoms with van der Waals surface area (Å²) in [7, 11) is 0. The van der Waals surface area contributed by atoms with Gasteiger partial charge in [0.05, 0.1) is 0 Å². The highest BCUT2D eigenvalue weighted by atomic mass is 16.6. The second-order valence-corrected chi connectivity index (χ2v) is 5.33. The predicted molar refractivity (Wildman–Crippen MR) is 78.7 cm³/mol. The van der Waals surface area contributed by atoms with Gasteiger partial charge in [0.15, 0.2) is 0 Å². The standard InChI is InChI=1S/C18H16O3/c19-11-10-17(20)21-18(16-8-2-1-3-9-16)12-14-6-4-5-7-15(14)13-18/h1-9,11H,10,12-13H2. The maximum absolute atomic E-state index is 11.9. The number of fused-ring (bicyclic) bond motifs is 1. The molecule has 0 unspecified atom stereocenters. The van der Waals surface area contributed by atoms with Gasteiger partial charge in [0.2, 0.25) is 0 Å². The Kier molecular flexibility index (Phi) is 3.57. The minimum atomic E-state index is -0.689. The van der Waals surface area contributed by atoms with E-state index in [0.29, 0.717) is 19.1 Å². The number of carbonyl (C=O) groups excluding carboxylic acids is 2. The number of ether oxygens (including phenoxy) is 1. The lowest BCUT2D eigenvalue weighted by molar-refractivity contribution is -0.160. The summed E-state index contributed by atoms with van der Waals surface area (Å²) < 4.78 is 5.74. The van der Waals surface area contributed by atoms with Crippen molar-refractivity contribution in [1.29, 1.82) is 0 Å². The number of aldehydes is 1. The largest absolute Gasteiger partial charge is 0.453 e. The fourth-order valence-electron chi connectivity index (χ4n) is 2.98. The minimum absolute atomic E-state index is 0.203. The van der Waals surface area contributed by atoms with Crippen molar-refractivity contribution in [3.63, 3.8) is 0 Å². The van der Waals surface area contributed by atoms with Gasteiger partial charge in [0, 0.05) is 12.8 Å². The van der Waals surface area contributed by atoms with Gasteiger partial charge in [-0.05, 0) is 16.7 Å². The molecule has 0 aromatic heterocycles. The van der Waals surface area contributed by atoms with E-state index in [1.54, 1.807) is 0 Å². The molecule has 1 aliphatic rings. The first-order valence-corrected chi connectivity index (χ1v) is 7.01. The lowest BCUT2D eigenvalue weighted by Crippen LogP contribution is -2.33. The molecule has 0 spiro atoms. The van der Waals surface area contributed by atoms with E-state index >= 15 is 0 Å². The molecule has 0 saturated heterocycles. The van der Waals surface area contributed by atoms with Crippen molar-refractivity contribution in [2.24, 2.45) is 0 Å². The Bertz CT molecular complexity index is 636. The Morgan fingerprint density at radius 1 is 1.00 bits per heavy atom. The number of benzene rings is 2. The fraction of sp³-hybridized carbons (Fsp3) is 0.222. The van der Waals surface area contributed by atoms with E-state index in [4.69, 9.17) is 4.74 Å². The molecule has 0 atom stereocenters. The summed E-state index contributed by atoms with van der Waals surface area (Å²) in [5.41, 5.74) is 2.67. The molecule has 0 radical (unpaired) electrons. The lowest BCUT2D eigenvalue weighted by Gasteiger charge is -2.29. The Labute approximate surface area is 123 Å². The van der Waals surface area contributed by atoms with Crippen molar-refractivity contribution in [2.45, 2.75) is 24.9 Å². The fourth-order valence-corrected chi connectivity index (χ4v) is 2.98. The summed E-state index contributed by atoms with van der Waals surface area (Å²) in [6.45, 7) is 0. The molecule has 1 aliphatic carbocycles. The molecular formula is C18H16O3. The van der Waals surface area contributed by atoms with Crippen LogP contribution in [-0.2, 0) is 32.8 Å². The monoisotopic (exact) mass is 280 g/mol. The summed E-state index contributed by atoms with van der Waals surface area (Å²) in [5, 5.41) is 0. The number of rotatable bonds is 4. The topological polar surface area (TPSA) is 43.4 Å². The molecule has 2 aromatic rings. The van der Waals surface area contributed by atoms with Crippen LogP contribution in [0.15, 0.2) is 54.6 Å². The van der Waals surface area contributed by atoms with Crippen LogP contribution >= 0.6 is 0 Å². The van der Waals surface area contributed by atoms with E-state index in [2.05, 4.69) is 12.1 Å². The molecule has 21 heavy (non-hydrogen) atoms. The third-order valence-electron chi connectivity index (χ3n) is 3.93. The third-order valence-corrected chi connectivity index (χ3v) is 3.93. The SMILES string of the molecule is O=CCC(=O)OC1(c2ccccc2)Cc2ccccc2C1. The van der Waals surface area contributed by atoms with Crippen molar-refractivity contribution in [3.05, 3.63) is 71.3 Å². The zero-order chi connectivity index (χ0) is 14.7. The molecule has 3 rings (SSSR count). The quantitative estimate of drug-likeness (QED) is 0.491. The zero-order valence-corrected chi connectivity index (χ0v) is 11.6. The smallest absolute Gasteiger partial charge is 0.313 e. The van der Waals surface area contributed by atoms with Gasteiger partial charge in [-0.3, -0.25) is 4.79 Å². The first kappa shape index (κ1) is 13.6. The van der Waals surface area contributed by atoms with E-state index in [1.165, 1.54) is 11.1 Å². The van der Waals surface area contributed by atoms with Gasteiger partial charge >= 0.3 is 5.97 Å². The van der Waals surface area contributed by atoms with Crippen LogP contribution in [0.3, 0.4) is 0 Å². The lowest BCUT2D eigenvalue weighted by atomic mass is 9.90. The molecule has 106 valence electrons. The average molecular weight is 280 g/mol. The van der Waals surface area contributed by atoms with Crippen LogP contribution in [0.1, 0.15) is 23.1 Å². The number of hydrogen-bond donors (Lipinski definition) is 0. The molecule has 3 heteroatoms. The maximum atomic E-state index is 11.9. The molecule has 0 aliphatic heterocycles. The van der Waals surface area contributed by atoms with E-state index in [9.17, 15) is 9.59 Å². The first-order valence-electron chi connectivity index (χ1n) is 7.01. The number of carbonyl (C=O) groups is 2. The summed E-state index contributed by atoms with van der Waals surface area (Å²) in [6, 6.07) is 17.9. The summed E-state index contributed by atoms with van der Waals surface area (Å²) >= 11 is 0. The number of hydrogen-bond acceptors (Lipinski definition) is 3. The normalized spacial score (nSPS) is 15.2. The second-order valence-electron chi connectivity index (χ2n) is 5.33.